The standard InChI is InChI=1S/C12H16N2O2/c1-7(2)14-10-5-4-9(13)6-11(10)16-8(3)12(14)15/h4-8H,13H2,1-3H3. The fourth-order valence-corrected chi connectivity index (χ4v) is 1.91. The van der Waals surface area contributed by atoms with Crippen molar-refractivity contribution in [2.75, 3.05) is 10.6 Å². The minimum Gasteiger partial charge on any atom is -0.479 e. The van der Waals surface area contributed by atoms with E-state index in [4.69, 9.17) is 10.5 Å². The van der Waals surface area contributed by atoms with Crippen LogP contribution in [0.1, 0.15) is 20.8 Å². The van der Waals surface area contributed by atoms with E-state index in [0.717, 1.165) is 5.69 Å². The van der Waals surface area contributed by atoms with Gasteiger partial charge < -0.3 is 15.4 Å². The molecule has 1 aliphatic heterocycles. The van der Waals surface area contributed by atoms with E-state index in [2.05, 4.69) is 0 Å². The van der Waals surface area contributed by atoms with E-state index in [1.807, 2.05) is 19.9 Å². The van der Waals surface area contributed by atoms with Crippen molar-refractivity contribution in [2.24, 2.45) is 0 Å². The lowest BCUT2D eigenvalue weighted by atomic mass is 10.1. The highest BCUT2D eigenvalue weighted by atomic mass is 16.5. The van der Waals surface area contributed by atoms with Gasteiger partial charge in [0.15, 0.2) is 6.10 Å². The molecule has 1 heterocycles. The topological polar surface area (TPSA) is 55.6 Å². The number of nitrogen functional groups attached to an aromatic ring is 1. The molecule has 1 aromatic rings. The minimum atomic E-state index is -0.448. The van der Waals surface area contributed by atoms with Crippen molar-refractivity contribution in [1.82, 2.24) is 0 Å². The molecule has 2 rings (SSSR count). The molecule has 4 heteroatoms. The fourth-order valence-electron chi connectivity index (χ4n) is 1.91. The summed E-state index contributed by atoms with van der Waals surface area (Å²) in [6.07, 6.45) is -0.448. The number of anilines is 2. The largest absolute Gasteiger partial charge is 0.479 e. The van der Waals surface area contributed by atoms with Gasteiger partial charge in [-0.1, -0.05) is 0 Å². The van der Waals surface area contributed by atoms with E-state index >= 15 is 0 Å². The van der Waals surface area contributed by atoms with Crippen LogP contribution in [0.15, 0.2) is 18.2 Å². The average Bonchev–Trinajstić information content (AvgIpc) is 2.19. The maximum atomic E-state index is 12.0. The Balaban J connectivity index is 2.52. The summed E-state index contributed by atoms with van der Waals surface area (Å²) in [5, 5.41) is 0. The smallest absolute Gasteiger partial charge is 0.268 e. The zero-order valence-electron chi connectivity index (χ0n) is 9.73. The molecule has 0 aliphatic carbocycles. The lowest BCUT2D eigenvalue weighted by molar-refractivity contribution is -0.125. The van der Waals surface area contributed by atoms with Crippen LogP contribution in [0.25, 0.3) is 0 Å². The third-order valence-corrected chi connectivity index (χ3v) is 2.65. The molecule has 2 N–H and O–H groups in total. The molecule has 86 valence electrons. The van der Waals surface area contributed by atoms with E-state index in [0.29, 0.717) is 11.4 Å². The Morgan fingerprint density at radius 3 is 2.75 bits per heavy atom. The lowest BCUT2D eigenvalue weighted by Crippen LogP contribution is -2.47. The number of hydrogen-bond acceptors (Lipinski definition) is 3. The molecule has 16 heavy (non-hydrogen) atoms. The highest BCUT2D eigenvalue weighted by Gasteiger charge is 2.32. The molecule has 0 bridgehead atoms. The first-order valence-corrected chi connectivity index (χ1v) is 5.40. The van der Waals surface area contributed by atoms with Crippen LogP contribution in [0.3, 0.4) is 0 Å². The minimum absolute atomic E-state index is 0.00716. The second kappa shape index (κ2) is 3.70. The van der Waals surface area contributed by atoms with Gasteiger partial charge in [-0.25, -0.2) is 0 Å². The summed E-state index contributed by atoms with van der Waals surface area (Å²) in [7, 11) is 0. The van der Waals surface area contributed by atoms with Gasteiger partial charge in [0.05, 0.1) is 5.69 Å². The van der Waals surface area contributed by atoms with Crippen LogP contribution in [0.2, 0.25) is 0 Å². The van der Waals surface area contributed by atoms with Gasteiger partial charge >= 0.3 is 0 Å². The van der Waals surface area contributed by atoms with Gasteiger partial charge in [-0.3, -0.25) is 4.79 Å². The average molecular weight is 220 g/mol. The van der Waals surface area contributed by atoms with Crippen molar-refractivity contribution in [3.05, 3.63) is 18.2 Å². The van der Waals surface area contributed by atoms with E-state index in [1.165, 1.54) is 0 Å². The lowest BCUT2D eigenvalue weighted by Gasteiger charge is -2.35. The SMILES string of the molecule is CC1Oc2cc(N)ccc2N(C(C)C)C1=O. The number of rotatable bonds is 1. The Morgan fingerprint density at radius 2 is 2.12 bits per heavy atom. The summed E-state index contributed by atoms with van der Waals surface area (Å²) in [5.74, 6) is 0.674. The molecule has 0 radical (unpaired) electrons. The molecule has 0 saturated heterocycles. The maximum Gasteiger partial charge on any atom is 0.268 e. The molecule has 0 aromatic heterocycles. The summed E-state index contributed by atoms with van der Waals surface area (Å²) in [5.41, 5.74) is 7.14. The van der Waals surface area contributed by atoms with E-state index < -0.39 is 6.10 Å². The predicted octanol–water partition coefficient (Wildman–Crippen LogP) is 1.79. The molecule has 4 nitrogen and oxygen atoms in total. The van der Waals surface area contributed by atoms with Crippen LogP contribution >= 0.6 is 0 Å². The van der Waals surface area contributed by atoms with E-state index in [-0.39, 0.29) is 11.9 Å². The molecule has 1 unspecified atom stereocenters. The zero-order valence-corrected chi connectivity index (χ0v) is 9.73. The monoisotopic (exact) mass is 220 g/mol. The number of nitrogens with two attached hydrogens (primary N) is 1. The summed E-state index contributed by atoms with van der Waals surface area (Å²) >= 11 is 0. The summed E-state index contributed by atoms with van der Waals surface area (Å²) in [4.78, 5) is 13.7. The molecule has 1 atom stereocenters. The van der Waals surface area contributed by atoms with Gasteiger partial charge in [-0.2, -0.15) is 0 Å². The summed E-state index contributed by atoms with van der Waals surface area (Å²) in [6.45, 7) is 5.72. The van der Waals surface area contributed by atoms with Crippen molar-refractivity contribution in [2.45, 2.75) is 32.9 Å². The third kappa shape index (κ3) is 1.60. The van der Waals surface area contributed by atoms with Crippen molar-refractivity contribution in [3.8, 4) is 5.75 Å². The molecule has 0 fully saturated rings. The molecule has 1 aromatic carbocycles. The Morgan fingerprint density at radius 1 is 1.44 bits per heavy atom. The number of benzene rings is 1. The maximum absolute atomic E-state index is 12.0. The zero-order chi connectivity index (χ0) is 11.9. The van der Waals surface area contributed by atoms with Gasteiger partial charge in [0.1, 0.15) is 5.75 Å². The van der Waals surface area contributed by atoms with Gasteiger partial charge in [-0.15, -0.1) is 0 Å². The van der Waals surface area contributed by atoms with Crippen molar-refractivity contribution >= 4 is 17.3 Å². The highest BCUT2D eigenvalue weighted by molar-refractivity contribution is 6.00. The molecular weight excluding hydrogens is 204 g/mol. The Hall–Kier alpha value is -1.71. The van der Waals surface area contributed by atoms with Crippen LogP contribution < -0.4 is 15.4 Å². The molecule has 1 amide bonds. The molecular formula is C12H16N2O2. The van der Waals surface area contributed by atoms with Crippen LogP contribution in [0, 0.1) is 0 Å². The van der Waals surface area contributed by atoms with Gasteiger partial charge in [0.2, 0.25) is 0 Å². The highest BCUT2D eigenvalue weighted by Crippen LogP contribution is 2.36. The van der Waals surface area contributed by atoms with Crippen molar-refractivity contribution in [1.29, 1.82) is 0 Å². The van der Waals surface area contributed by atoms with Crippen LogP contribution in [0.4, 0.5) is 11.4 Å². The normalized spacial score (nSPS) is 19.6. The quantitative estimate of drug-likeness (QED) is 0.734. The molecule has 1 aliphatic rings. The Kier molecular flexibility index (Phi) is 2.50. The number of fused-ring (bicyclic) bond motifs is 1. The number of nitrogens with zero attached hydrogens (tertiary/aromatic N) is 1. The van der Waals surface area contributed by atoms with E-state index in [9.17, 15) is 4.79 Å². The number of carbonyl (C=O) groups excluding carboxylic acids is 1. The third-order valence-electron chi connectivity index (χ3n) is 2.65. The molecule has 0 spiro atoms. The van der Waals surface area contributed by atoms with Crippen LogP contribution in [-0.4, -0.2) is 18.1 Å². The van der Waals surface area contributed by atoms with Crippen molar-refractivity contribution < 1.29 is 9.53 Å². The Bertz CT molecular complexity index is 429. The summed E-state index contributed by atoms with van der Waals surface area (Å²) in [6, 6.07) is 5.48. The number of hydrogen-bond donors (Lipinski definition) is 1. The number of carbonyl (C=O) groups is 1. The Labute approximate surface area is 95.0 Å². The second-order valence-electron chi connectivity index (χ2n) is 4.29. The second-order valence-corrected chi connectivity index (χ2v) is 4.29. The fraction of sp³-hybridized carbons (Fsp3) is 0.417. The first kappa shape index (κ1) is 10.8. The van der Waals surface area contributed by atoms with Gasteiger partial charge in [0, 0.05) is 17.8 Å². The van der Waals surface area contributed by atoms with E-state index in [1.54, 1.807) is 24.0 Å². The first-order valence-electron chi connectivity index (χ1n) is 5.40. The van der Waals surface area contributed by atoms with Gasteiger partial charge in [0.25, 0.3) is 5.91 Å². The number of amides is 1. The van der Waals surface area contributed by atoms with Crippen LogP contribution in [0.5, 0.6) is 5.75 Å². The van der Waals surface area contributed by atoms with Crippen LogP contribution in [-0.2, 0) is 4.79 Å². The summed E-state index contributed by atoms with van der Waals surface area (Å²) < 4.78 is 5.53. The van der Waals surface area contributed by atoms with Crippen molar-refractivity contribution in [3.63, 3.8) is 0 Å². The number of ether oxygens (including phenoxy) is 1. The van der Waals surface area contributed by atoms with Gasteiger partial charge in [-0.05, 0) is 32.9 Å². The molecule has 0 saturated carbocycles. The first-order chi connectivity index (χ1) is 7.50. The predicted molar refractivity (Wildman–Crippen MR) is 63.6 cm³/mol.